The monoisotopic (exact) mass is 492 g/mol. The van der Waals surface area contributed by atoms with Crippen molar-refractivity contribution in [3.63, 3.8) is 0 Å². The van der Waals surface area contributed by atoms with Gasteiger partial charge in [-0.25, -0.2) is 12.2 Å². The number of hydrogen-bond donors (Lipinski definition) is 0. The summed E-state index contributed by atoms with van der Waals surface area (Å²) >= 11 is 1.36. The smallest absolute Gasteiger partial charge is 0.0771 e. The summed E-state index contributed by atoms with van der Waals surface area (Å²) in [5.74, 6) is 0. The molecular weight excluding hydrogens is 466 g/mol. The molecule has 0 fully saturated rings. The van der Waals surface area contributed by atoms with Gasteiger partial charge >= 0.3 is 30.2 Å². The van der Waals surface area contributed by atoms with Gasteiger partial charge in [0.2, 0.25) is 0 Å². The van der Waals surface area contributed by atoms with E-state index in [0.29, 0.717) is 5.41 Å². The molecule has 146 valence electrons. The number of hydrogen-bond acceptors (Lipinski definition) is 0. The Labute approximate surface area is 194 Å². The normalized spacial score (nSPS) is 12.5. The van der Waals surface area contributed by atoms with Crippen molar-refractivity contribution in [2.75, 3.05) is 0 Å². The fraction of sp³-hybridized carbons (Fsp3) is 0.174. The van der Waals surface area contributed by atoms with Gasteiger partial charge in [-0.2, -0.15) is 6.08 Å². The molecule has 4 rings (SSSR count). The Hall–Kier alpha value is -0.530. The minimum atomic E-state index is 0. The van der Waals surface area contributed by atoms with E-state index in [-0.39, 0.29) is 39.7 Å². The van der Waals surface area contributed by atoms with Crippen molar-refractivity contribution in [1.29, 1.82) is 0 Å². The Morgan fingerprint density at radius 1 is 0.889 bits per heavy atom. The van der Waals surface area contributed by atoms with Crippen LogP contribution < -0.4 is 0 Å². The molecule has 2 radical (unpaired) electrons. The standard InChI is InChI=1S/C13H9.C8H11.2CH3.2ClH.Si.Zr/c1-3-7-12-10(5-1)9-11-6-2-4-8-13(11)12;1-8(2)6-4-3-5-7-8;;;;;;/h1-9H;4-6H,7H2,1-2H3;2*1H3;2*1H;;/q4*-1;;;;. The van der Waals surface area contributed by atoms with Crippen molar-refractivity contribution >= 4 is 53.2 Å². The van der Waals surface area contributed by atoms with E-state index >= 15 is 0 Å². The quantitative estimate of drug-likeness (QED) is 0.226. The van der Waals surface area contributed by atoms with Crippen LogP contribution in [-0.2, 0) is 23.3 Å². The first-order valence-corrected chi connectivity index (χ1v) is 11.9. The fourth-order valence-electron chi connectivity index (χ4n) is 2.64. The minimum Gasteiger partial charge on any atom is -0.126 e. The van der Waals surface area contributed by atoms with Crippen LogP contribution in [-0.4, -0.2) is 6.88 Å². The van der Waals surface area contributed by atoms with E-state index in [0.717, 1.165) is 6.42 Å². The molecule has 0 aromatic heterocycles. The molecule has 0 heterocycles. The predicted octanol–water partition coefficient (Wildman–Crippen LogP) is 7.40. The molecule has 0 atom stereocenters. The van der Waals surface area contributed by atoms with E-state index in [9.17, 15) is 0 Å². The first-order valence-electron chi connectivity index (χ1n) is 7.69. The average Bonchev–Trinajstić information content (AvgIpc) is 2.96. The van der Waals surface area contributed by atoms with Crippen LogP contribution in [0.3, 0.4) is 0 Å². The summed E-state index contributed by atoms with van der Waals surface area (Å²) < 4.78 is 0. The number of allylic oxidation sites excluding steroid dienone is 4. The van der Waals surface area contributed by atoms with Gasteiger partial charge < -0.3 is 14.9 Å². The Bertz CT molecular complexity index is 784. The van der Waals surface area contributed by atoms with Gasteiger partial charge in [0.15, 0.2) is 0 Å². The summed E-state index contributed by atoms with van der Waals surface area (Å²) in [6.45, 7) is 7.51. The molecule has 0 N–H and O–H groups in total. The molecule has 3 aromatic rings. The molecule has 4 heteroatoms. The number of fused-ring (bicyclic) bond motifs is 3. The largest absolute Gasteiger partial charge is 0.126 e. The molecular formula is C23H28Cl2SiZr-4. The topological polar surface area (TPSA) is 0 Å². The van der Waals surface area contributed by atoms with E-state index in [2.05, 4.69) is 93.6 Å². The van der Waals surface area contributed by atoms with Gasteiger partial charge in [0.1, 0.15) is 0 Å². The maximum Gasteiger partial charge on any atom is -0.0771 e. The molecule has 0 spiro atoms. The first-order chi connectivity index (χ1) is 11.2. The Balaban J connectivity index is -0.000000368. The molecule has 0 amide bonds. The Morgan fingerprint density at radius 3 is 1.67 bits per heavy atom. The van der Waals surface area contributed by atoms with Crippen LogP contribution >= 0.6 is 24.8 Å². The van der Waals surface area contributed by atoms with E-state index in [4.69, 9.17) is 0 Å². The van der Waals surface area contributed by atoms with Crippen LogP contribution in [0.4, 0.5) is 0 Å². The zero-order chi connectivity index (χ0) is 16.7. The van der Waals surface area contributed by atoms with Crippen LogP contribution in [0.2, 0.25) is 0 Å². The second kappa shape index (κ2) is 15.4. The second-order valence-corrected chi connectivity index (χ2v) is 6.22. The van der Waals surface area contributed by atoms with Crippen molar-refractivity contribution in [2.24, 2.45) is 5.41 Å². The summed E-state index contributed by atoms with van der Waals surface area (Å²) in [5.41, 5.74) is 0.380. The van der Waals surface area contributed by atoms with Gasteiger partial charge in [-0.3, -0.25) is 6.08 Å². The SMILES string of the molecule is CC1(C)C=C[C-]=CC1.Cl.Cl.[CH3-].[CH3-].[Si]=[Zr].c1ccc2c(c1)[cH-]c1ccccc12. The molecule has 0 unspecified atom stereocenters. The summed E-state index contributed by atoms with van der Waals surface area (Å²) in [5, 5.41) is 5.39. The van der Waals surface area contributed by atoms with E-state index in [1.165, 1.54) is 44.9 Å². The summed E-state index contributed by atoms with van der Waals surface area (Å²) in [6.07, 6.45) is 10.4. The molecule has 0 aliphatic heterocycles. The summed E-state index contributed by atoms with van der Waals surface area (Å²) in [4.78, 5) is 0. The van der Waals surface area contributed by atoms with Gasteiger partial charge in [-0.15, -0.1) is 64.6 Å². The van der Waals surface area contributed by atoms with Crippen LogP contribution in [0.1, 0.15) is 20.3 Å². The molecule has 0 saturated heterocycles. The maximum absolute atomic E-state index is 3.06. The van der Waals surface area contributed by atoms with E-state index in [1.54, 1.807) is 0 Å². The van der Waals surface area contributed by atoms with Crippen LogP contribution in [0, 0.1) is 26.3 Å². The van der Waals surface area contributed by atoms with Crippen LogP contribution in [0.15, 0.2) is 72.8 Å². The second-order valence-electron chi connectivity index (χ2n) is 6.22. The Morgan fingerprint density at radius 2 is 1.33 bits per heavy atom. The fourth-order valence-corrected chi connectivity index (χ4v) is 2.64. The van der Waals surface area contributed by atoms with Crippen molar-refractivity contribution in [1.82, 2.24) is 0 Å². The van der Waals surface area contributed by atoms with Crippen molar-refractivity contribution in [3.8, 4) is 0 Å². The van der Waals surface area contributed by atoms with Crippen molar-refractivity contribution in [2.45, 2.75) is 20.3 Å². The number of benzene rings is 2. The van der Waals surface area contributed by atoms with Gasteiger partial charge in [0.05, 0.1) is 0 Å². The molecule has 1 aliphatic rings. The van der Waals surface area contributed by atoms with Gasteiger partial charge in [-0.05, 0) is 0 Å². The Kier molecular flexibility index (Phi) is 17.8. The summed E-state index contributed by atoms with van der Waals surface area (Å²) in [6, 6.07) is 19.3. The molecule has 0 bridgehead atoms. The van der Waals surface area contributed by atoms with Gasteiger partial charge in [-0.1, -0.05) is 62.1 Å². The molecule has 1 aliphatic carbocycles. The van der Waals surface area contributed by atoms with Gasteiger partial charge in [0, 0.05) is 0 Å². The zero-order valence-corrected chi connectivity index (χ0v) is 21.5. The van der Waals surface area contributed by atoms with Crippen molar-refractivity contribution < 1.29 is 23.3 Å². The zero-order valence-electron chi connectivity index (χ0n) is 16.5. The third-order valence-corrected chi connectivity index (χ3v) is 3.90. The third kappa shape index (κ3) is 9.01. The van der Waals surface area contributed by atoms with Crippen LogP contribution in [0.25, 0.3) is 21.5 Å². The number of halogens is 2. The number of rotatable bonds is 0. The van der Waals surface area contributed by atoms with E-state index < -0.39 is 0 Å². The average molecular weight is 495 g/mol. The van der Waals surface area contributed by atoms with Crippen molar-refractivity contribution in [3.05, 3.63) is 93.8 Å². The van der Waals surface area contributed by atoms with Crippen LogP contribution in [0.5, 0.6) is 0 Å². The molecule has 0 nitrogen and oxygen atoms in total. The third-order valence-electron chi connectivity index (χ3n) is 3.90. The predicted molar refractivity (Wildman–Crippen MR) is 125 cm³/mol. The molecule has 27 heavy (non-hydrogen) atoms. The molecule has 3 aromatic carbocycles. The summed E-state index contributed by atoms with van der Waals surface area (Å²) in [7, 11) is 0. The van der Waals surface area contributed by atoms with E-state index in [1.807, 2.05) is 6.08 Å². The minimum absolute atomic E-state index is 0. The maximum atomic E-state index is 3.06. The van der Waals surface area contributed by atoms with Gasteiger partial charge in [0.25, 0.3) is 0 Å². The first kappa shape index (κ1) is 31.2. The molecule has 0 saturated carbocycles.